The molecular formula is C20H30N4O5. The monoisotopic (exact) mass is 406 g/mol. The van der Waals surface area contributed by atoms with Gasteiger partial charge < -0.3 is 20.1 Å². The largest absolute Gasteiger partial charge is 0.483 e. The van der Waals surface area contributed by atoms with Crippen molar-refractivity contribution >= 4 is 12.9 Å². The van der Waals surface area contributed by atoms with Gasteiger partial charge in [0.05, 0.1) is 0 Å². The number of aryl methyl sites for hydroxylation is 1. The maximum atomic E-state index is 8.36. The number of hydrogen-bond donors (Lipinski definition) is 3. The van der Waals surface area contributed by atoms with E-state index in [1.54, 1.807) is 0 Å². The van der Waals surface area contributed by atoms with Crippen LogP contribution in [0.4, 0.5) is 0 Å². The molecule has 0 unspecified atom stereocenters. The predicted molar refractivity (Wildman–Crippen MR) is 108 cm³/mol. The van der Waals surface area contributed by atoms with Gasteiger partial charge in [0.2, 0.25) is 5.89 Å². The fourth-order valence-electron chi connectivity index (χ4n) is 3.06. The predicted octanol–water partition coefficient (Wildman–Crippen LogP) is 1.83. The summed E-state index contributed by atoms with van der Waals surface area (Å²) in [5.41, 5.74) is 1.40. The SMILES string of the molecule is CCc1noc(CCNC2CCN(Cc3ccccc3)CC2)n1.O=CO.O=CO. The van der Waals surface area contributed by atoms with Crippen molar-refractivity contribution in [3.8, 4) is 0 Å². The van der Waals surface area contributed by atoms with Crippen molar-refractivity contribution in [1.29, 1.82) is 0 Å². The molecule has 0 aliphatic carbocycles. The fraction of sp³-hybridized carbons (Fsp3) is 0.500. The topological polar surface area (TPSA) is 129 Å². The van der Waals surface area contributed by atoms with Crippen molar-refractivity contribution in [1.82, 2.24) is 20.4 Å². The van der Waals surface area contributed by atoms with E-state index >= 15 is 0 Å². The first kappa shape index (κ1) is 24.3. The highest BCUT2D eigenvalue weighted by Crippen LogP contribution is 2.13. The third-order valence-corrected chi connectivity index (χ3v) is 4.43. The molecule has 1 aromatic carbocycles. The number of nitrogens with zero attached hydrogens (tertiary/aromatic N) is 3. The van der Waals surface area contributed by atoms with E-state index in [-0.39, 0.29) is 12.9 Å². The zero-order valence-electron chi connectivity index (χ0n) is 16.7. The van der Waals surface area contributed by atoms with Crippen molar-refractivity contribution in [2.75, 3.05) is 19.6 Å². The highest BCUT2D eigenvalue weighted by atomic mass is 16.5. The number of hydrogen-bond acceptors (Lipinski definition) is 7. The van der Waals surface area contributed by atoms with Gasteiger partial charge in [-0.05, 0) is 31.5 Å². The molecule has 1 aromatic heterocycles. The summed E-state index contributed by atoms with van der Waals surface area (Å²) < 4.78 is 5.22. The van der Waals surface area contributed by atoms with Crippen LogP contribution in [0.1, 0.15) is 37.0 Å². The zero-order valence-corrected chi connectivity index (χ0v) is 16.7. The van der Waals surface area contributed by atoms with Crippen molar-refractivity contribution in [2.24, 2.45) is 0 Å². The molecule has 9 heteroatoms. The van der Waals surface area contributed by atoms with E-state index in [1.807, 2.05) is 6.92 Å². The highest BCUT2D eigenvalue weighted by molar-refractivity contribution is 5.33. The number of nitrogens with one attached hydrogen (secondary N) is 1. The van der Waals surface area contributed by atoms with E-state index < -0.39 is 0 Å². The molecule has 160 valence electrons. The summed E-state index contributed by atoms with van der Waals surface area (Å²) in [6, 6.07) is 11.3. The third kappa shape index (κ3) is 10.4. The molecule has 1 fully saturated rings. The molecule has 0 bridgehead atoms. The lowest BCUT2D eigenvalue weighted by molar-refractivity contribution is -0.123. The van der Waals surface area contributed by atoms with Crippen molar-refractivity contribution in [3.63, 3.8) is 0 Å². The number of rotatable bonds is 7. The maximum Gasteiger partial charge on any atom is 0.290 e. The number of carbonyl (C=O) groups is 2. The number of likely N-dealkylation sites (tertiary alicyclic amines) is 1. The van der Waals surface area contributed by atoms with Crippen LogP contribution in [0.15, 0.2) is 34.9 Å². The molecule has 2 aromatic rings. The van der Waals surface area contributed by atoms with Gasteiger partial charge in [0.1, 0.15) is 0 Å². The van der Waals surface area contributed by atoms with Gasteiger partial charge >= 0.3 is 0 Å². The summed E-state index contributed by atoms with van der Waals surface area (Å²) in [6.07, 6.45) is 4.06. The minimum absolute atomic E-state index is 0.250. The molecule has 0 spiro atoms. The lowest BCUT2D eigenvalue weighted by Crippen LogP contribution is -2.42. The van der Waals surface area contributed by atoms with Crippen LogP contribution in [0.25, 0.3) is 0 Å². The van der Waals surface area contributed by atoms with Crippen LogP contribution in [0.2, 0.25) is 0 Å². The molecular weight excluding hydrogens is 376 g/mol. The van der Waals surface area contributed by atoms with Crippen LogP contribution in [-0.4, -0.2) is 63.9 Å². The zero-order chi connectivity index (χ0) is 21.3. The van der Waals surface area contributed by atoms with Crippen LogP contribution in [0.5, 0.6) is 0 Å². The first-order valence-corrected chi connectivity index (χ1v) is 9.63. The quantitative estimate of drug-likeness (QED) is 0.590. The second kappa shape index (κ2) is 15.2. The molecule has 0 radical (unpaired) electrons. The second-order valence-corrected chi connectivity index (χ2v) is 6.41. The van der Waals surface area contributed by atoms with Gasteiger partial charge in [0.25, 0.3) is 12.9 Å². The first-order valence-electron chi connectivity index (χ1n) is 9.63. The summed E-state index contributed by atoms with van der Waals surface area (Å²) in [5, 5.41) is 21.3. The lowest BCUT2D eigenvalue weighted by Gasteiger charge is -2.32. The average Bonchev–Trinajstić information content (AvgIpc) is 3.19. The number of carboxylic acid groups (broad SMARTS) is 2. The summed E-state index contributed by atoms with van der Waals surface area (Å²) >= 11 is 0. The number of aromatic nitrogens is 2. The Kier molecular flexibility index (Phi) is 12.7. The molecule has 1 saturated heterocycles. The van der Waals surface area contributed by atoms with E-state index in [0.29, 0.717) is 6.04 Å². The van der Waals surface area contributed by atoms with E-state index in [1.165, 1.54) is 18.4 Å². The van der Waals surface area contributed by atoms with Gasteiger partial charge in [-0.3, -0.25) is 14.5 Å². The van der Waals surface area contributed by atoms with E-state index in [9.17, 15) is 0 Å². The van der Waals surface area contributed by atoms with Crippen LogP contribution in [0, 0.1) is 0 Å². The maximum absolute atomic E-state index is 8.36. The Morgan fingerprint density at radius 2 is 1.79 bits per heavy atom. The molecule has 3 N–H and O–H groups in total. The van der Waals surface area contributed by atoms with Crippen LogP contribution >= 0.6 is 0 Å². The molecule has 1 aliphatic rings. The van der Waals surface area contributed by atoms with E-state index in [0.717, 1.165) is 50.7 Å². The van der Waals surface area contributed by atoms with Crippen LogP contribution in [0.3, 0.4) is 0 Å². The molecule has 3 rings (SSSR count). The highest BCUT2D eigenvalue weighted by Gasteiger charge is 2.18. The van der Waals surface area contributed by atoms with Crippen molar-refractivity contribution in [3.05, 3.63) is 47.6 Å². The van der Waals surface area contributed by atoms with Crippen LogP contribution < -0.4 is 5.32 Å². The normalized spacial score (nSPS) is 14.1. The summed E-state index contributed by atoms with van der Waals surface area (Å²) in [5.74, 6) is 1.55. The Labute approximate surface area is 170 Å². The minimum atomic E-state index is -0.250. The molecule has 29 heavy (non-hydrogen) atoms. The van der Waals surface area contributed by atoms with Gasteiger partial charge in [-0.1, -0.05) is 42.4 Å². The number of benzene rings is 1. The molecule has 2 heterocycles. The molecule has 1 aliphatic heterocycles. The van der Waals surface area contributed by atoms with E-state index in [2.05, 4.69) is 50.7 Å². The first-order chi connectivity index (χ1) is 14.2. The van der Waals surface area contributed by atoms with Gasteiger partial charge in [-0.2, -0.15) is 4.98 Å². The fourth-order valence-corrected chi connectivity index (χ4v) is 3.06. The third-order valence-electron chi connectivity index (χ3n) is 4.43. The van der Waals surface area contributed by atoms with Gasteiger partial charge in [0.15, 0.2) is 5.82 Å². The lowest BCUT2D eigenvalue weighted by atomic mass is 10.0. The Bertz CT molecular complexity index is 667. The smallest absolute Gasteiger partial charge is 0.290 e. The Hall–Kier alpha value is -2.78. The molecule has 0 saturated carbocycles. The molecule has 9 nitrogen and oxygen atoms in total. The summed E-state index contributed by atoms with van der Waals surface area (Å²) in [7, 11) is 0. The van der Waals surface area contributed by atoms with Crippen molar-refractivity contribution < 1.29 is 24.3 Å². The Morgan fingerprint density at radius 1 is 1.17 bits per heavy atom. The Balaban J connectivity index is 0.000000626. The second-order valence-electron chi connectivity index (χ2n) is 6.41. The van der Waals surface area contributed by atoms with Gasteiger partial charge in [-0.25, -0.2) is 0 Å². The summed E-state index contributed by atoms with van der Waals surface area (Å²) in [4.78, 5) is 23.6. The molecule has 0 atom stereocenters. The molecule has 0 amide bonds. The standard InChI is InChI=1S/C18H26N4O.2CH2O2/c1-2-17-20-18(23-21-17)8-11-19-16-9-12-22(13-10-16)14-15-6-4-3-5-7-15;2*2-1-3/h3-7,16,19H,2,8-14H2,1H3;2*1H,(H,2,3). The van der Waals surface area contributed by atoms with Gasteiger partial charge in [0, 0.05) is 32.0 Å². The van der Waals surface area contributed by atoms with Crippen molar-refractivity contribution in [2.45, 2.75) is 45.2 Å². The Morgan fingerprint density at radius 3 is 2.34 bits per heavy atom. The number of piperidine rings is 1. The average molecular weight is 406 g/mol. The minimum Gasteiger partial charge on any atom is -0.483 e. The van der Waals surface area contributed by atoms with Crippen LogP contribution in [-0.2, 0) is 29.0 Å². The summed E-state index contributed by atoms with van der Waals surface area (Å²) in [6.45, 7) is 5.83. The van der Waals surface area contributed by atoms with E-state index in [4.69, 9.17) is 24.3 Å². The van der Waals surface area contributed by atoms with Gasteiger partial charge in [-0.15, -0.1) is 0 Å².